The highest BCUT2D eigenvalue weighted by Crippen LogP contribution is 2.26. The monoisotopic (exact) mass is 506 g/mol. The van der Waals surface area contributed by atoms with Crippen molar-refractivity contribution in [1.29, 1.82) is 0 Å². The van der Waals surface area contributed by atoms with Crippen LogP contribution >= 0.6 is 11.8 Å². The first kappa shape index (κ1) is 26.4. The Morgan fingerprint density at radius 2 is 1.09 bits per heavy atom. The van der Waals surface area contributed by atoms with Crippen molar-refractivity contribution in [2.75, 3.05) is 0 Å². The van der Waals surface area contributed by atoms with Crippen LogP contribution in [0.15, 0.2) is 124 Å². The van der Waals surface area contributed by atoms with Gasteiger partial charge in [0, 0.05) is 9.79 Å². The molecule has 0 radical (unpaired) electrons. The molecule has 0 bridgehead atoms. The Morgan fingerprint density at radius 1 is 0.629 bits per heavy atom. The van der Waals surface area contributed by atoms with Crippen LogP contribution in [0.2, 0.25) is 0 Å². The van der Waals surface area contributed by atoms with E-state index in [1.54, 1.807) is 48.2 Å². The van der Waals surface area contributed by atoms with Crippen molar-refractivity contribution in [3.63, 3.8) is 0 Å². The summed E-state index contributed by atoms with van der Waals surface area (Å²) in [7, 11) is -3.82. The van der Waals surface area contributed by atoms with E-state index in [4.69, 9.17) is 8.92 Å². The van der Waals surface area contributed by atoms with E-state index in [-0.39, 0.29) is 16.2 Å². The summed E-state index contributed by atoms with van der Waals surface area (Å²) < 4.78 is 35.2. The molecular formula is C29H30O4S2. The Morgan fingerprint density at radius 3 is 1.54 bits per heavy atom. The highest BCUT2D eigenvalue weighted by atomic mass is 32.2. The third kappa shape index (κ3) is 9.15. The molecule has 0 fully saturated rings. The standard InChI is InChI=1S/C17H20O4S.C12H10S/c1-13-5-11-16(12-6-13)22(18,19)21-15-9-7-14(8-10-15)20-17(2,3)4;1-3-7-11(8-4-1)13-12-9-5-2-6-10-12/h5-12H,1-4H3;1-10H. The SMILES string of the molecule is Cc1ccc(S(=O)(=O)Oc2ccc(OC(C)(C)C)cc2)cc1.c1ccc(Sc2ccccc2)cc1. The van der Waals surface area contributed by atoms with Crippen molar-refractivity contribution >= 4 is 21.9 Å². The largest absolute Gasteiger partial charge is 0.488 e. The summed E-state index contributed by atoms with van der Waals surface area (Å²) in [5.41, 5.74) is 0.679. The summed E-state index contributed by atoms with van der Waals surface area (Å²) in [5, 5.41) is 0. The highest BCUT2D eigenvalue weighted by Gasteiger charge is 2.17. The fourth-order valence-corrected chi connectivity index (χ4v) is 4.70. The molecule has 35 heavy (non-hydrogen) atoms. The Kier molecular flexibility index (Phi) is 9.01. The molecule has 4 aromatic carbocycles. The maximum Gasteiger partial charge on any atom is 0.339 e. The summed E-state index contributed by atoms with van der Waals surface area (Å²) in [6, 6.07) is 33.9. The van der Waals surface area contributed by atoms with E-state index in [0.717, 1.165) is 5.56 Å². The van der Waals surface area contributed by atoms with Crippen LogP contribution < -0.4 is 8.92 Å². The molecule has 0 saturated carbocycles. The molecular weight excluding hydrogens is 476 g/mol. The molecule has 0 spiro atoms. The van der Waals surface area contributed by atoms with Gasteiger partial charge in [-0.05, 0) is 88.4 Å². The van der Waals surface area contributed by atoms with Gasteiger partial charge in [0.2, 0.25) is 0 Å². The predicted molar refractivity (Wildman–Crippen MR) is 143 cm³/mol. The molecule has 0 aliphatic heterocycles. The van der Waals surface area contributed by atoms with E-state index in [9.17, 15) is 8.42 Å². The first-order valence-electron chi connectivity index (χ1n) is 11.2. The van der Waals surface area contributed by atoms with E-state index < -0.39 is 10.1 Å². The van der Waals surface area contributed by atoms with E-state index in [1.165, 1.54) is 21.9 Å². The zero-order chi connectivity index (χ0) is 25.3. The zero-order valence-electron chi connectivity index (χ0n) is 20.3. The lowest BCUT2D eigenvalue weighted by Crippen LogP contribution is -2.22. The Bertz CT molecular complexity index is 1240. The molecule has 182 valence electrons. The van der Waals surface area contributed by atoms with Crippen LogP contribution in [-0.4, -0.2) is 14.0 Å². The summed E-state index contributed by atoms with van der Waals surface area (Å²) >= 11 is 1.79. The minimum absolute atomic E-state index is 0.133. The van der Waals surface area contributed by atoms with Crippen molar-refractivity contribution in [2.45, 2.75) is 48.0 Å². The molecule has 0 atom stereocenters. The second-order valence-electron chi connectivity index (χ2n) is 8.76. The van der Waals surface area contributed by atoms with E-state index in [1.807, 2.05) is 39.8 Å². The quantitative estimate of drug-likeness (QED) is 0.250. The van der Waals surface area contributed by atoms with Crippen LogP contribution in [0.25, 0.3) is 0 Å². The molecule has 0 aliphatic rings. The van der Waals surface area contributed by atoms with Crippen LogP contribution in [-0.2, 0) is 10.1 Å². The number of ether oxygens (including phenoxy) is 1. The van der Waals surface area contributed by atoms with Crippen LogP contribution in [0.5, 0.6) is 11.5 Å². The second kappa shape index (κ2) is 12.0. The van der Waals surface area contributed by atoms with Gasteiger partial charge in [0.05, 0.1) is 0 Å². The molecule has 0 aromatic heterocycles. The molecule has 0 aliphatic carbocycles. The summed E-state index contributed by atoms with van der Waals surface area (Å²) in [6.45, 7) is 7.73. The number of benzene rings is 4. The Labute approximate surface area is 213 Å². The molecule has 0 amide bonds. The van der Waals surface area contributed by atoms with Gasteiger partial charge in [0.1, 0.15) is 22.0 Å². The molecule has 4 rings (SSSR count). The molecule has 0 N–H and O–H groups in total. The number of aryl methyl sites for hydroxylation is 1. The smallest absolute Gasteiger partial charge is 0.339 e. The normalized spacial score (nSPS) is 11.2. The zero-order valence-corrected chi connectivity index (χ0v) is 22.0. The van der Waals surface area contributed by atoms with Gasteiger partial charge in [0.15, 0.2) is 0 Å². The van der Waals surface area contributed by atoms with Crippen molar-refractivity contribution in [1.82, 2.24) is 0 Å². The number of hydrogen-bond donors (Lipinski definition) is 0. The van der Waals surface area contributed by atoms with Gasteiger partial charge in [-0.15, -0.1) is 0 Å². The predicted octanol–water partition coefficient (Wildman–Crippen LogP) is 7.78. The summed E-state index contributed by atoms with van der Waals surface area (Å²) in [5.74, 6) is 0.911. The van der Waals surface area contributed by atoms with Crippen molar-refractivity contribution in [2.24, 2.45) is 0 Å². The number of rotatable bonds is 6. The van der Waals surface area contributed by atoms with Crippen molar-refractivity contribution in [3.05, 3.63) is 115 Å². The second-order valence-corrected chi connectivity index (χ2v) is 11.5. The molecule has 4 aromatic rings. The van der Waals surface area contributed by atoms with Gasteiger partial charge in [-0.2, -0.15) is 8.42 Å². The lowest BCUT2D eigenvalue weighted by molar-refractivity contribution is 0.131. The van der Waals surface area contributed by atoms with Crippen LogP contribution in [0.1, 0.15) is 26.3 Å². The van der Waals surface area contributed by atoms with Crippen LogP contribution in [0, 0.1) is 6.92 Å². The van der Waals surface area contributed by atoms with E-state index in [2.05, 4.69) is 48.5 Å². The van der Waals surface area contributed by atoms with Crippen LogP contribution in [0.4, 0.5) is 0 Å². The fraction of sp³-hybridized carbons (Fsp3) is 0.172. The third-order valence-corrected chi connectivity index (χ3v) is 6.76. The fourth-order valence-electron chi connectivity index (χ4n) is 2.91. The van der Waals surface area contributed by atoms with Gasteiger partial charge >= 0.3 is 10.1 Å². The molecule has 4 nitrogen and oxygen atoms in total. The Hall–Kier alpha value is -3.22. The third-order valence-electron chi connectivity index (χ3n) is 4.49. The molecule has 0 heterocycles. The lowest BCUT2D eigenvalue weighted by Gasteiger charge is -2.21. The average molecular weight is 507 g/mol. The topological polar surface area (TPSA) is 52.6 Å². The highest BCUT2D eigenvalue weighted by molar-refractivity contribution is 7.99. The van der Waals surface area contributed by atoms with Gasteiger partial charge < -0.3 is 8.92 Å². The van der Waals surface area contributed by atoms with E-state index >= 15 is 0 Å². The Balaban J connectivity index is 0.000000223. The number of hydrogen-bond acceptors (Lipinski definition) is 5. The van der Waals surface area contributed by atoms with Crippen LogP contribution in [0.3, 0.4) is 0 Å². The van der Waals surface area contributed by atoms with E-state index in [0.29, 0.717) is 5.75 Å². The molecule has 6 heteroatoms. The average Bonchev–Trinajstić information content (AvgIpc) is 2.81. The molecule has 0 unspecified atom stereocenters. The van der Waals surface area contributed by atoms with Crippen molar-refractivity contribution < 1.29 is 17.3 Å². The maximum atomic E-state index is 12.2. The first-order valence-corrected chi connectivity index (χ1v) is 13.4. The van der Waals surface area contributed by atoms with Crippen molar-refractivity contribution in [3.8, 4) is 11.5 Å². The molecule has 0 saturated heterocycles. The summed E-state index contributed by atoms with van der Waals surface area (Å²) in [6.07, 6.45) is 0. The maximum absolute atomic E-state index is 12.2. The lowest BCUT2D eigenvalue weighted by atomic mass is 10.2. The van der Waals surface area contributed by atoms with Gasteiger partial charge in [-0.1, -0.05) is 65.9 Å². The minimum Gasteiger partial charge on any atom is -0.488 e. The van der Waals surface area contributed by atoms with Gasteiger partial charge in [0.25, 0.3) is 0 Å². The minimum atomic E-state index is -3.82. The van der Waals surface area contributed by atoms with Gasteiger partial charge in [-0.25, -0.2) is 0 Å². The van der Waals surface area contributed by atoms with Gasteiger partial charge in [-0.3, -0.25) is 0 Å². The first-order chi connectivity index (χ1) is 16.6. The summed E-state index contributed by atoms with van der Waals surface area (Å²) in [4.78, 5) is 2.70.